The van der Waals surface area contributed by atoms with Crippen LogP contribution in [0.1, 0.15) is 74.1 Å². The average Bonchev–Trinajstić information content (AvgIpc) is 2.13. The molecule has 1 fully saturated rings. The van der Waals surface area contributed by atoms with Gasteiger partial charge in [-0.1, -0.05) is 27.7 Å². The smallest absolute Gasteiger partial charge is 0.0127 e. The first-order valence-electron chi connectivity index (χ1n) is 7.40. The van der Waals surface area contributed by atoms with Crippen LogP contribution in [0.5, 0.6) is 0 Å². The highest BCUT2D eigenvalue weighted by atomic mass is 15.2. The molecule has 1 nitrogen and oxygen atoms in total. The van der Waals surface area contributed by atoms with E-state index in [0.717, 1.165) is 12.0 Å². The van der Waals surface area contributed by atoms with Crippen molar-refractivity contribution in [1.82, 2.24) is 4.90 Å². The molecular formula is C16H33N. The quantitative estimate of drug-likeness (QED) is 0.674. The lowest BCUT2D eigenvalue weighted by atomic mass is 9.77. The van der Waals surface area contributed by atoms with Crippen molar-refractivity contribution >= 4 is 0 Å². The number of likely N-dealkylation sites (tertiary alicyclic amines) is 1. The van der Waals surface area contributed by atoms with E-state index in [1.807, 2.05) is 0 Å². The van der Waals surface area contributed by atoms with Crippen LogP contribution >= 0.6 is 0 Å². The van der Waals surface area contributed by atoms with Crippen molar-refractivity contribution in [2.75, 3.05) is 6.54 Å². The van der Waals surface area contributed by atoms with Gasteiger partial charge in [0.15, 0.2) is 0 Å². The fraction of sp³-hybridized carbons (Fsp3) is 1.00. The van der Waals surface area contributed by atoms with Gasteiger partial charge < -0.3 is 0 Å². The van der Waals surface area contributed by atoms with Crippen LogP contribution in [0.15, 0.2) is 0 Å². The van der Waals surface area contributed by atoms with E-state index < -0.39 is 0 Å². The third kappa shape index (κ3) is 4.62. The Kier molecular flexibility index (Phi) is 4.68. The molecular weight excluding hydrogens is 206 g/mol. The molecule has 1 saturated heterocycles. The Labute approximate surface area is 109 Å². The molecule has 1 heterocycles. The third-order valence-corrected chi connectivity index (χ3v) is 4.06. The van der Waals surface area contributed by atoms with Gasteiger partial charge in [0.2, 0.25) is 0 Å². The molecule has 0 aromatic heterocycles. The Balaban J connectivity index is 2.61. The lowest BCUT2D eigenvalue weighted by Crippen LogP contribution is -2.52. The van der Waals surface area contributed by atoms with Crippen molar-refractivity contribution in [2.24, 2.45) is 11.3 Å². The van der Waals surface area contributed by atoms with Crippen molar-refractivity contribution in [2.45, 2.75) is 85.7 Å². The molecule has 2 unspecified atom stereocenters. The van der Waals surface area contributed by atoms with Crippen molar-refractivity contribution in [3.05, 3.63) is 0 Å². The number of piperidine rings is 1. The van der Waals surface area contributed by atoms with Crippen LogP contribution in [0.4, 0.5) is 0 Å². The molecule has 1 aliphatic heterocycles. The van der Waals surface area contributed by atoms with Crippen LogP contribution < -0.4 is 0 Å². The molecule has 1 heteroatoms. The lowest BCUT2D eigenvalue weighted by Gasteiger charge is -2.47. The molecule has 0 aliphatic carbocycles. The lowest BCUT2D eigenvalue weighted by molar-refractivity contribution is 0.0197. The van der Waals surface area contributed by atoms with Crippen LogP contribution in [0.3, 0.4) is 0 Å². The second kappa shape index (κ2) is 5.30. The minimum Gasteiger partial charge on any atom is -0.296 e. The summed E-state index contributed by atoms with van der Waals surface area (Å²) in [6.45, 7) is 17.9. The van der Waals surface area contributed by atoms with Gasteiger partial charge in [-0.25, -0.2) is 0 Å². The van der Waals surface area contributed by atoms with Crippen molar-refractivity contribution in [3.8, 4) is 0 Å². The topological polar surface area (TPSA) is 3.24 Å². The molecule has 0 radical (unpaired) electrons. The van der Waals surface area contributed by atoms with E-state index in [4.69, 9.17) is 0 Å². The maximum Gasteiger partial charge on any atom is 0.0127 e. The van der Waals surface area contributed by atoms with E-state index in [9.17, 15) is 0 Å². The summed E-state index contributed by atoms with van der Waals surface area (Å²) in [5.41, 5.74) is 0.834. The molecule has 0 amide bonds. The van der Waals surface area contributed by atoms with Crippen LogP contribution in [-0.2, 0) is 0 Å². The van der Waals surface area contributed by atoms with Crippen LogP contribution in [-0.4, -0.2) is 23.0 Å². The minimum absolute atomic E-state index is 0.341. The van der Waals surface area contributed by atoms with Crippen LogP contribution in [0.25, 0.3) is 0 Å². The van der Waals surface area contributed by atoms with Crippen LogP contribution in [0, 0.1) is 11.3 Å². The highest BCUT2D eigenvalue weighted by Crippen LogP contribution is 2.36. The summed E-state index contributed by atoms with van der Waals surface area (Å²) in [6, 6.07) is 0.802. The average molecular weight is 239 g/mol. The molecule has 102 valence electrons. The number of nitrogens with zero attached hydrogens (tertiary/aromatic N) is 1. The van der Waals surface area contributed by atoms with E-state index in [2.05, 4.69) is 53.4 Å². The SMILES string of the molecule is CCC1CC(CC(C)(C)C)CCN1C(C)(C)C. The molecule has 0 N–H and O–H groups in total. The number of hydrogen-bond acceptors (Lipinski definition) is 1. The zero-order valence-electron chi connectivity index (χ0n) is 13.1. The van der Waals surface area contributed by atoms with Crippen molar-refractivity contribution in [1.29, 1.82) is 0 Å². The third-order valence-electron chi connectivity index (χ3n) is 4.06. The molecule has 1 aliphatic rings. The second-order valence-corrected chi connectivity index (χ2v) is 8.08. The largest absolute Gasteiger partial charge is 0.296 e. The van der Waals surface area contributed by atoms with E-state index in [1.165, 1.54) is 32.2 Å². The Hall–Kier alpha value is -0.0400. The first kappa shape index (κ1) is 15.0. The summed E-state index contributed by atoms with van der Waals surface area (Å²) in [6.07, 6.45) is 5.50. The summed E-state index contributed by atoms with van der Waals surface area (Å²) in [4.78, 5) is 2.73. The molecule has 0 aromatic rings. The Morgan fingerprint density at radius 2 is 1.65 bits per heavy atom. The predicted octanol–water partition coefficient (Wildman–Crippen LogP) is 4.71. The number of rotatable bonds is 2. The molecule has 0 aromatic carbocycles. The first-order chi connectivity index (χ1) is 7.63. The van der Waals surface area contributed by atoms with Gasteiger partial charge in [0.05, 0.1) is 0 Å². The van der Waals surface area contributed by atoms with E-state index >= 15 is 0 Å². The highest BCUT2D eigenvalue weighted by Gasteiger charge is 2.34. The van der Waals surface area contributed by atoms with Gasteiger partial charge in [0, 0.05) is 11.6 Å². The normalized spacial score (nSPS) is 28.4. The molecule has 17 heavy (non-hydrogen) atoms. The predicted molar refractivity (Wildman–Crippen MR) is 77.3 cm³/mol. The van der Waals surface area contributed by atoms with E-state index in [0.29, 0.717) is 11.0 Å². The Morgan fingerprint density at radius 1 is 1.06 bits per heavy atom. The van der Waals surface area contributed by atoms with Gasteiger partial charge in [-0.2, -0.15) is 0 Å². The van der Waals surface area contributed by atoms with Gasteiger partial charge in [-0.3, -0.25) is 4.90 Å². The second-order valence-electron chi connectivity index (χ2n) is 8.08. The number of hydrogen-bond donors (Lipinski definition) is 0. The van der Waals surface area contributed by atoms with Gasteiger partial charge in [0.25, 0.3) is 0 Å². The van der Waals surface area contributed by atoms with E-state index in [-0.39, 0.29) is 0 Å². The standard InChI is InChI=1S/C16H33N/c1-8-14-11-13(12-15(2,3)4)9-10-17(14)16(5,6)7/h13-14H,8-12H2,1-7H3. The molecule has 0 spiro atoms. The fourth-order valence-electron chi connectivity index (χ4n) is 3.46. The van der Waals surface area contributed by atoms with Crippen molar-refractivity contribution in [3.63, 3.8) is 0 Å². The highest BCUT2D eigenvalue weighted by molar-refractivity contribution is 4.89. The van der Waals surface area contributed by atoms with Gasteiger partial charge in [-0.05, 0) is 64.3 Å². The zero-order chi connectivity index (χ0) is 13.3. The summed E-state index contributed by atoms with van der Waals surface area (Å²) >= 11 is 0. The first-order valence-corrected chi connectivity index (χ1v) is 7.40. The van der Waals surface area contributed by atoms with Crippen LogP contribution in [0.2, 0.25) is 0 Å². The van der Waals surface area contributed by atoms with Gasteiger partial charge in [-0.15, -0.1) is 0 Å². The van der Waals surface area contributed by atoms with Gasteiger partial charge >= 0.3 is 0 Å². The Morgan fingerprint density at radius 3 is 2.06 bits per heavy atom. The minimum atomic E-state index is 0.341. The maximum atomic E-state index is 2.73. The molecule has 2 atom stereocenters. The summed E-state index contributed by atoms with van der Waals surface area (Å²) in [7, 11) is 0. The molecule has 1 rings (SSSR count). The van der Waals surface area contributed by atoms with Crippen molar-refractivity contribution < 1.29 is 0 Å². The maximum absolute atomic E-state index is 2.73. The summed E-state index contributed by atoms with van der Waals surface area (Å²) in [5, 5.41) is 0. The summed E-state index contributed by atoms with van der Waals surface area (Å²) in [5.74, 6) is 0.943. The Bertz CT molecular complexity index is 231. The summed E-state index contributed by atoms with van der Waals surface area (Å²) < 4.78 is 0. The molecule has 0 bridgehead atoms. The van der Waals surface area contributed by atoms with Gasteiger partial charge in [0.1, 0.15) is 0 Å². The molecule has 0 saturated carbocycles. The van der Waals surface area contributed by atoms with E-state index in [1.54, 1.807) is 0 Å². The monoisotopic (exact) mass is 239 g/mol. The fourth-order valence-corrected chi connectivity index (χ4v) is 3.46. The zero-order valence-corrected chi connectivity index (χ0v) is 13.1.